The summed E-state index contributed by atoms with van der Waals surface area (Å²) in [5.74, 6) is 0.454. The average molecular weight is 346 g/mol. The summed E-state index contributed by atoms with van der Waals surface area (Å²) in [5, 5.41) is 0. The molecule has 0 saturated carbocycles. The van der Waals surface area contributed by atoms with Gasteiger partial charge in [-0.1, -0.05) is 65.2 Å². The molecule has 0 aromatic heterocycles. The van der Waals surface area contributed by atoms with E-state index in [0.29, 0.717) is 5.92 Å². The van der Waals surface area contributed by atoms with Crippen LogP contribution in [-0.4, -0.2) is 0 Å². The summed E-state index contributed by atoms with van der Waals surface area (Å²) in [7, 11) is 0. The summed E-state index contributed by atoms with van der Waals surface area (Å²) in [5.41, 5.74) is 8.44. The standard InChI is InChI=1S/C20H28.2CH3.Ti/c1-12-10-19(8,16(5)14(12)3)18(7)20(9)11-13(2)15(4)17(20)6;;;/h18H,1-9H3;2*1H3;/q-2;2*-1;+4. The van der Waals surface area contributed by atoms with Gasteiger partial charge in [-0.15, -0.1) is 13.8 Å². The van der Waals surface area contributed by atoms with Crippen LogP contribution in [-0.2, 0) is 21.7 Å². The van der Waals surface area contributed by atoms with E-state index in [-0.39, 0.29) is 47.4 Å². The number of hydrogen-bond acceptors (Lipinski definition) is 0. The average Bonchev–Trinajstić information content (AvgIpc) is 2.71. The van der Waals surface area contributed by atoms with E-state index in [2.05, 4.69) is 74.5 Å². The van der Waals surface area contributed by atoms with Crippen LogP contribution in [0.1, 0.15) is 62.3 Å². The van der Waals surface area contributed by atoms with Crippen molar-refractivity contribution in [1.29, 1.82) is 0 Å². The summed E-state index contributed by atoms with van der Waals surface area (Å²) >= 11 is 0. The zero-order chi connectivity index (χ0) is 15.5. The fraction of sp³-hybridized carbons (Fsp3) is 0.545. The minimum absolute atomic E-state index is 0. The van der Waals surface area contributed by atoms with Gasteiger partial charge in [0.2, 0.25) is 0 Å². The zero-order valence-electron chi connectivity index (χ0n) is 17.1. The van der Waals surface area contributed by atoms with Crippen LogP contribution in [0.2, 0.25) is 0 Å². The van der Waals surface area contributed by atoms with Crippen molar-refractivity contribution in [2.24, 2.45) is 16.7 Å². The molecule has 0 heterocycles. The summed E-state index contributed by atoms with van der Waals surface area (Å²) in [4.78, 5) is 0. The van der Waals surface area contributed by atoms with Gasteiger partial charge in [-0.2, -0.15) is 22.3 Å². The van der Waals surface area contributed by atoms with Gasteiger partial charge < -0.3 is 14.9 Å². The molecular formula is C22H34Ti. The van der Waals surface area contributed by atoms with Gasteiger partial charge in [-0.05, 0) is 0 Å². The first-order valence-corrected chi connectivity index (χ1v) is 7.65. The molecule has 0 amide bonds. The minimum atomic E-state index is 0. The van der Waals surface area contributed by atoms with Crippen molar-refractivity contribution in [2.45, 2.75) is 62.3 Å². The smallest absolute Gasteiger partial charge is 0.358 e. The molecule has 2 aliphatic carbocycles. The van der Waals surface area contributed by atoms with Crippen LogP contribution in [0.4, 0.5) is 0 Å². The predicted octanol–water partition coefficient (Wildman–Crippen LogP) is 6.73. The first kappa shape index (κ1) is 24.9. The molecule has 0 bridgehead atoms. The minimum Gasteiger partial charge on any atom is -0.358 e. The second-order valence-corrected chi connectivity index (χ2v) is 7.13. The van der Waals surface area contributed by atoms with Crippen molar-refractivity contribution >= 4 is 0 Å². The largest absolute Gasteiger partial charge is 4.00 e. The quantitative estimate of drug-likeness (QED) is 0.384. The zero-order valence-corrected chi connectivity index (χ0v) is 18.6. The fourth-order valence-electron chi connectivity index (χ4n) is 3.94. The molecule has 0 aromatic carbocycles. The monoisotopic (exact) mass is 346 g/mol. The molecule has 0 aromatic rings. The normalized spacial score (nSPS) is 31.0. The van der Waals surface area contributed by atoms with Gasteiger partial charge in [-0.3, -0.25) is 12.2 Å². The van der Waals surface area contributed by atoms with E-state index in [1.165, 1.54) is 33.4 Å². The van der Waals surface area contributed by atoms with Crippen molar-refractivity contribution < 1.29 is 21.7 Å². The van der Waals surface area contributed by atoms with Crippen LogP contribution in [0.25, 0.3) is 0 Å². The Bertz CT molecular complexity index is 533. The van der Waals surface area contributed by atoms with E-state index >= 15 is 0 Å². The Hall–Kier alpha value is -0.326. The molecule has 0 spiro atoms. The molecule has 0 saturated heterocycles. The topological polar surface area (TPSA) is 0 Å². The summed E-state index contributed by atoms with van der Waals surface area (Å²) in [6, 6.07) is 0. The van der Waals surface area contributed by atoms with Crippen molar-refractivity contribution in [3.8, 4) is 0 Å². The third-order valence-electron chi connectivity index (χ3n) is 6.43. The van der Waals surface area contributed by atoms with Gasteiger partial charge in [0.15, 0.2) is 0 Å². The van der Waals surface area contributed by atoms with Crippen molar-refractivity contribution in [1.82, 2.24) is 0 Å². The van der Waals surface area contributed by atoms with Gasteiger partial charge in [0, 0.05) is 0 Å². The van der Waals surface area contributed by atoms with E-state index in [9.17, 15) is 0 Å². The fourth-order valence-corrected chi connectivity index (χ4v) is 3.94. The third-order valence-corrected chi connectivity index (χ3v) is 6.43. The third kappa shape index (κ3) is 3.40. The van der Waals surface area contributed by atoms with Gasteiger partial charge >= 0.3 is 21.7 Å². The van der Waals surface area contributed by atoms with E-state index in [1.54, 1.807) is 0 Å². The Morgan fingerprint density at radius 1 is 0.696 bits per heavy atom. The second kappa shape index (κ2) is 7.71. The number of allylic oxidation sites excluding steroid dienone is 8. The molecule has 2 aliphatic rings. The van der Waals surface area contributed by atoms with Crippen molar-refractivity contribution in [3.63, 3.8) is 0 Å². The Balaban J connectivity index is 0. The van der Waals surface area contributed by atoms with Crippen LogP contribution in [0.3, 0.4) is 0 Å². The Kier molecular flexibility index (Phi) is 8.35. The molecular weight excluding hydrogens is 312 g/mol. The molecule has 0 aliphatic heterocycles. The SMILES string of the molecule is CC1=[C-]C(C)(C(C)C2(C)[C-]=C(C)C(C)=C2C)C(C)=C1C.[CH3-].[CH3-].[Ti+4]. The van der Waals surface area contributed by atoms with E-state index in [4.69, 9.17) is 0 Å². The van der Waals surface area contributed by atoms with Gasteiger partial charge in [-0.25, -0.2) is 11.1 Å². The van der Waals surface area contributed by atoms with E-state index in [0.717, 1.165) is 0 Å². The molecule has 0 fully saturated rings. The first-order chi connectivity index (χ1) is 9.05. The van der Waals surface area contributed by atoms with Crippen LogP contribution in [0.5, 0.6) is 0 Å². The molecule has 126 valence electrons. The molecule has 0 N–H and O–H groups in total. The summed E-state index contributed by atoms with van der Waals surface area (Å²) < 4.78 is 0. The predicted molar refractivity (Wildman–Crippen MR) is 99.8 cm³/mol. The maximum absolute atomic E-state index is 3.75. The van der Waals surface area contributed by atoms with Crippen LogP contribution >= 0.6 is 0 Å². The Morgan fingerprint density at radius 2 is 0.957 bits per heavy atom. The van der Waals surface area contributed by atoms with Crippen molar-refractivity contribution in [2.75, 3.05) is 0 Å². The molecule has 1 heteroatoms. The van der Waals surface area contributed by atoms with Gasteiger partial charge in [0.05, 0.1) is 0 Å². The molecule has 2 atom stereocenters. The Morgan fingerprint density at radius 3 is 1.13 bits per heavy atom. The summed E-state index contributed by atoms with van der Waals surface area (Å²) in [6.45, 7) is 20.4. The van der Waals surface area contributed by atoms with E-state index in [1.807, 2.05) is 0 Å². The Labute approximate surface area is 161 Å². The van der Waals surface area contributed by atoms with Gasteiger partial charge in [0.1, 0.15) is 0 Å². The molecule has 2 unspecified atom stereocenters. The number of hydrogen-bond donors (Lipinski definition) is 0. The van der Waals surface area contributed by atoms with E-state index < -0.39 is 0 Å². The summed E-state index contributed by atoms with van der Waals surface area (Å²) in [6.07, 6.45) is 7.51. The molecule has 0 radical (unpaired) electrons. The van der Waals surface area contributed by atoms with Crippen LogP contribution in [0.15, 0.2) is 33.4 Å². The number of rotatable bonds is 2. The molecule has 2 rings (SSSR count). The first-order valence-electron chi connectivity index (χ1n) is 7.65. The molecule has 0 nitrogen and oxygen atoms in total. The molecule has 23 heavy (non-hydrogen) atoms. The second-order valence-electron chi connectivity index (χ2n) is 7.13. The maximum Gasteiger partial charge on any atom is 4.00 e. The van der Waals surface area contributed by atoms with Crippen molar-refractivity contribution in [3.05, 3.63) is 60.4 Å². The van der Waals surface area contributed by atoms with Crippen LogP contribution in [0, 0.1) is 43.8 Å². The maximum atomic E-state index is 3.75. The van der Waals surface area contributed by atoms with Gasteiger partial charge in [0.25, 0.3) is 0 Å². The van der Waals surface area contributed by atoms with Crippen LogP contribution < -0.4 is 0 Å².